The standard InChI is InChI=1S/C24H28N4O4S/c1-17(2)18-7-9-20(10-8-18)24-26-23(32-27-24)12-11-22(29)25-14-16-33(30,31)28-15-13-19-5-3-4-6-21(19)28/h3-10,17H,11-16H2,1-2H3,(H,25,29). The van der Waals surface area contributed by atoms with Crippen molar-refractivity contribution in [3.63, 3.8) is 0 Å². The Morgan fingerprint density at radius 2 is 1.91 bits per heavy atom. The molecule has 8 nitrogen and oxygen atoms in total. The molecule has 1 aromatic heterocycles. The number of carbonyl (C=O) groups is 1. The number of para-hydroxylation sites is 1. The van der Waals surface area contributed by atoms with E-state index in [1.165, 1.54) is 9.87 Å². The summed E-state index contributed by atoms with van der Waals surface area (Å²) in [6.07, 6.45) is 1.13. The predicted molar refractivity (Wildman–Crippen MR) is 126 cm³/mol. The first kappa shape index (κ1) is 23.0. The van der Waals surface area contributed by atoms with Crippen LogP contribution in [0, 0.1) is 0 Å². The van der Waals surface area contributed by atoms with Gasteiger partial charge in [0.2, 0.25) is 27.6 Å². The lowest BCUT2D eigenvalue weighted by molar-refractivity contribution is -0.121. The topological polar surface area (TPSA) is 105 Å². The van der Waals surface area contributed by atoms with Crippen LogP contribution >= 0.6 is 0 Å². The maximum atomic E-state index is 12.7. The Morgan fingerprint density at radius 1 is 1.15 bits per heavy atom. The van der Waals surface area contributed by atoms with Gasteiger partial charge in [-0.3, -0.25) is 9.10 Å². The van der Waals surface area contributed by atoms with Gasteiger partial charge in [0.15, 0.2) is 0 Å². The average molecular weight is 469 g/mol. The summed E-state index contributed by atoms with van der Waals surface area (Å²) < 4.78 is 32.1. The van der Waals surface area contributed by atoms with Crippen molar-refractivity contribution < 1.29 is 17.7 Å². The Balaban J connectivity index is 1.24. The molecule has 0 bridgehead atoms. The molecule has 4 rings (SSSR count). The van der Waals surface area contributed by atoms with E-state index in [0.29, 0.717) is 30.6 Å². The van der Waals surface area contributed by atoms with E-state index in [1.54, 1.807) is 0 Å². The number of benzene rings is 2. The van der Waals surface area contributed by atoms with Gasteiger partial charge >= 0.3 is 0 Å². The molecule has 0 saturated heterocycles. The van der Waals surface area contributed by atoms with Crippen molar-refractivity contribution in [2.45, 2.75) is 39.0 Å². The van der Waals surface area contributed by atoms with Crippen molar-refractivity contribution in [1.29, 1.82) is 0 Å². The number of sulfonamides is 1. The third kappa shape index (κ3) is 5.42. The van der Waals surface area contributed by atoms with Crippen molar-refractivity contribution in [3.8, 4) is 11.4 Å². The number of hydrogen-bond donors (Lipinski definition) is 1. The summed E-state index contributed by atoms with van der Waals surface area (Å²) in [4.78, 5) is 16.6. The molecule has 2 aromatic carbocycles. The van der Waals surface area contributed by atoms with E-state index in [4.69, 9.17) is 4.52 Å². The van der Waals surface area contributed by atoms with Crippen LogP contribution in [-0.2, 0) is 27.7 Å². The zero-order chi connectivity index (χ0) is 23.4. The Hall–Kier alpha value is -3.20. The summed E-state index contributed by atoms with van der Waals surface area (Å²) in [5, 5.41) is 6.67. The number of amides is 1. The van der Waals surface area contributed by atoms with Crippen LogP contribution in [0.15, 0.2) is 53.1 Å². The van der Waals surface area contributed by atoms with Crippen molar-refractivity contribution in [2.24, 2.45) is 0 Å². The zero-order valence-electron chi connectivity index (χ0n) is 18.8. The molecule has 0 saturated carbocycles. The maximum absolute atomic E-state index is 12.7. The second kappa shape index (κ2) is 9.74. The van der Waals surface area contributed by atoms with Crippen LogP contribution in [0.3, 0.4) is 0 Å². The van der Waals surface area contributed by atoms with Gasteiger partial charge < -0.3 is 9.84 Å². The summed E-state index contributed by atoms with van der Waals surface area (Å²) in [6, 6.07) is 15.5. The molecule has 0 fully saturated rings. The van der Waals surface area contributed by atoms with E-state index < -0.39 is 10.0 Å². The summed E-state index contributed by atoms with van der Waals surface area (Å²) in [6.45, 7) is 4.76. The molecule has 0 atom stereocenters. The van der Waals surface area contributed by atoms with Gasteiger partial charge in [0.05, 0.1) is 11.4 Å². The van der Waals surface area contributed by atoms with Crippen LogP contribution in [0.4, 0.5) is 5.69 Å². The fourth-order valence-corrected chi connectivity index (χ4v) is 5.25. The third-order valence-corrected chi connectivity index (χ3v) is 7.50. The number of anilines is 1. The molecule has 3 aromatic rings. The van der Waals surface area contributed by atoms with Crippen LogP contribution in [0.1, 0.15) is 43.2 Å². The predicted octanol–water partition coefficient (Wildman–Crippen LogP) is 3.30. The van der Waals surface area contributed by atoms with Gasteiger partial charge in [-0.1, -0.05) is 61.5 Å². The highest BCUT2D eigenvalue weighted by atomic mass is 32.2. The van der Waals surface area contributed by atoms with Crippen molar-refractivity contribution >= 4 is 21.6 Å². The maximum Gasteiger partial charge on any atom is 0.236 e. The van der Waals surface area contributed by atoms with Crippen molar-refractivity contribution in [2.75, 3.05) is 23.1 Å². The van der Waals surface area contributed by atoms with Gasteiger partial charge in [0, 0.05) is 31.5 Å². The Morgan fingerprint density at radius 3 is 2.67 bits per heavy atom. The number of nitrogens with one attached hydrogen (secondary N) is 1. The molecule has 0 aliphatic carbocycles. The molecule has 0 radical (unpaired) electrons. The minimum atomic E-state index is -3.49. The van der Waals surface area contributed by atoms with Crippen molar-refractivity contribution in [3.05, 3.63) is 65.5 Å². The highest BCUT2D eigenvalue weighted by Gasteiger charge is 2.28. The quantitative estimate of drug-likeness (QED) is 0.517. The lowest BCUT2D eigenvalue weighted by Crippen LogP contribution is -2.37. The number of nitrogens with zero attached hydrogens (tertiary/aromatic N) is 3. The normalized spacial score (nSPS) is 13.4. The second-order valence-corrected chi connectivity index (χ2v) is 10.4. The summed E-state index contributed by atoms with van der Waals surface area (Å²) in [5.41, 5.74) is 3.84. The monoisotopic (exact) mass is 468 g/mol. The summed E-state index contributed by atoms with van der Waals surface area (Å²) in [5.74, 6) is 0.893. The largest absolute Gasteiger partial charge is 0.355 e. The molecule has 2 heterocycles. The second-order valence-electron chi connectivity index (χ2n) is 8.41. The first-order chi connectivity index (χ1) is 15.8. The first-order valence-corrected chi connectivity index (χ1v) is 12.7. The number of hydrogen-bond acceptors (Lipinski definition) is 6. The molecule has 1 N–H and O–H groups in total. The van der Waals surface area contributed by atoms with E-state index in [0.717, 1.165) is 16.8 Å². The Kier molecular flexibility index (Phi) is 6.78. The molecule has 1 amide bonds. The Labute approximate surface area is 194 Å². The number of aromatic nitrogens is 2. The minimum absolute atomic E-state index is 0.0527. The van der Waals surface area contributed by atoms with E-state index in [2.05, 4.69) is 29.3 Å². The molecule has 1 aliphatic rings. The van der Waals surface area contributed by atoms with Crippen LogP contribution in [0.25, 0.3) is 11.4 Å². The average Bonchev–Trinajstić information content (AvgIpc) is 3.45. The number of rotatable bonds is 9. The zero-order valence-corrected chi connectivity index (χ0v) is 19.6. The summed E-state index contributed by atoms with van der Waals surface area (Å²) >= 11 is 0. The first-order valence-electron chi connectivity index (χ1n) is 11.1. The van der Waals surface area contributed by atoms with Gasteiger partial charge in [0.1, 0.15) is 0 Å². The van der Waals surface area contributed by atoms with Gasteiger partial charge in [0.25, 0.3) is 0 Å². The smallest absolute Gasteiger partial charge is 0.236 e. The lowest BCUT2D eigenvalue weighted by Gasteiger charge is -2.19. The molecule has 1 aliphatic heterocycles. The number of carbonyl (C=O) groups excluding carboxylic acids is 1. The minimum Gasteiger partial charge on any atom is -0.355 e. The van der Waals surface area contributed by atoms with Crippen LogP contribution in [0.5, 0.6) is 0 Å². The van der Waals surface area contributed by atoms with Crippen molar-refractivity contribution in [1.82, 2.24) is 15.5 Å². The van der Waals surface area contributed by atoms with Gasteiger partial charge in [-0.2, -0.15) is 4.98 Å². The number of aryl methyl sites for hydroxylation is 1. The third-order valence-electron chi connectivity index (χ3n) is 5.73. The molecular formula is C24H28N4O4S. The van der Waals surface area contributed by atoms with E-state index >= 15 is 0 Å². The number of fused-ring (bicyclic) bond motifs is 1. The molecule has 0 unspecified atom stereocenters. The molecule has 33 heavy (non-hydrogen) atoms. The van der Waals surface area contributed by atoms with E-state index in [1.807, 2.05) is 48.5 Å². The molecule has 174 valence electrons. The van der Waals surface area contributed by atoms with Crippen LogP contribution < -0.4 is 9.62 Å². The van der Waals surface area contributed by atoms with E-state index in [-0.39, 0.29) is 31.0 Å². The molecule has 9 heteroatoms. The fourth-order valence-electron chi connectivity index (χ4n) is 3.83. The van der Waals surface area contributed by atoms with Gasteiger partial charge in [-0.15, -0.1) is 0 Å². The van der Waals surface area contributed by atoms with Crippen LogP contribution in [0.2, 0.25) is 0 Å². The summed E-state index contributed by atoms with van der Waals surface area (Å²) in [7, 11) is -3.49. The molecular weight excluding hydrogens is 440 g/mol. The Bertz CT molecular complexity index is 1220. The van der Waals surface area contributed by atoms with E-state index in [9.17, 15) is 13.2 Å². The SMILES string of the molecule is CC(C)c1ccc(-c2noc(CCC(=O)NCCS(=O)(=O)N3CCc4ccccc43)n2)cc1. The van der Waals surface area contributed by atoms with Gasteiger partial charge in [-0.05, 0) is 29.5 Å². The molecule has 0 spiro atoms. The van der Waals surface area contributed by atoms with Gasteiger partial charge in [-0.25, -0.2) is 8.42 Å². The highest BCUT2D eigenvalue weighted by molar-refractivity contribution is 7.92. The van der Waals surface area contributed by atoms with Crippen LogP contribution in [-0.4, -0.2) is 43.3 Å². The lowest BCUT2D eigenvalue weighted by atomic mass is 10.0. The highest BCUT2D eigenvalue weighted by Crippen LogP contribution is 2.29. The fraction of sp³-hybridized carbons (Fsp3) is 0.375.